The lowest BCUT2D eigenvalue weighted by atomic mass is 9.84. The second-order valence-corrected chi connectivity index (χ2v) is 12.3. The predicted octanol–water partition coefficient (Wildman–Crippen LogP) is 2.81. The number of benzene rings is 1. The van der Waals surface area contributed by atoms with Crippen LogP contribution in [0.25, 0.3) is 0 Å². The number of hydrogen-bond donors (Lipinski definition) is 2. The Morgan fingerprint density at radius 1 is 1.29 bits per heavy atom. The van der Waals surface area contributed by atoms with Crippen LogP contribution in [0.4, 0.5) is 13.2 Å². The lowest BCUT2D eigenvalue weighted by molar-refractivity contribution is -0.0655. The highest BCUT2D eigenvalue weighted by molar-refractivity contribution is 7.67. The smallest absolute Gasteiger partial charge is 0.478 e. The summed E-state index contributed by atoms with van der Waals surface area (Å²) in [6, 6.07) is -0.0842. The Morgan fingerprint density at radius 2 is 1.98 bits per heavy atom. The number of oxime groups is 1. The van der Waals surface area contributed by atoms with E-state index in [1.54, 1.807) is 13.8 Å². The summed E-state index contributed by atoms with van der Waals surface area (Å²) < 4.78 is 53.2. The Bertz CT molecular complexity index is 1660. The number of carbonyl (C=O) groups excluding carboxylic acids is 2. The summed E-state index contributed by atoms with van der Waals surface area (Å²) in [5.41, 5.74) is -3.38. The molecule has 0 radical (unpaired) electrons. The molecule has 1 fully saturated rings. The summed E-state index contributed by atoms with van der Waals surface area (Å²) in [6.07, 6.45) is 2.23. The van der Waals surface area contributed by atoms with Gasteiger partial charge in [-0.25, -0.2) is 13.2 Å². The Hall–Kier alpha value is -4.25. The van der Waals surface area contributed by atoms with Crippen molar-refractivity contribution in [3.05, 3.63) is 62.8 Å². The van der Waals surface area contributed by atoms with E-state index in [1.807, 2.05) is 6.92 Å². The van der Waals surface area contributed by atoms with Crippen LogP contribution >= 0.6 is 0 Å². The van der Waals surface area contributed by atoms with Gasteiger partial charge in [0, 0.05) is 67.5 Å². The number of hydrogen-bond acceptors (Lipinski definition) is 7. The van der Waals surface area contributed by atoms with Crippen molar-refractivity contribution < 1.29 is 36.9 Å². The Kier molecular flexibility index (Phi) is 7.34. The van der Waals surface area contributed by atoms with Crippen molar-refractivity contribution in [3.63, 3.8) is 0 Å². The molecule has 1 spiro atoms. The fourth-order valence-corrected chi connectivity index (χ4v) is 5.52. The second-order valence-electron chi connectivity index (χ2n) is 11.1. The van der Waals surface area contributed by atoms with Crippen molar-refractivity contribution >= 4 is 29.2 Å². The number of nitrogens with one attached hydrogen (secondary N) is 1. The lowest BCUT2D eigenvalue weighted by Crippen LogP contribution is -2.52. The highest BCUT2D eigenvalue weighted by atomic mass is 32.1. The van der Waals surface area contributed by atoms with Gasteiger partial charge >= 0.3 is 16.4 Å². The number of nitrogens with zero attached hydrogens (tertiary/aromatic N) is 3. The fraction of sp³-hybridized carbons (Fsp3) is 0.429. The molecule has 3 atom stereocenters. The van der Waals surface area contributed by atoms with E-state index in [-0.39, 0.29) is 24.7 Å². The molecule has 3 aliphatic rings. The van der Waals surface area contributed by atoms with Gasteiger partial charge in [0.1, 0.15) is 28.7 Å². The van der Waals surface area contributed by atoms with Crippen molar-refractivity contribution in [2.24, 2.45) is 5.16 Å². The number of rotatable bonds is 4. The van der Waals surface area contributed by atoms with Crippen molar-refractivity contribution in [2.45, 2.75) is 69.0 Å². The third-order valence-electron chi connectivity index (χ3n) is 7.80. The average Bonchev–Trinajstić information content (AvgIpc) is 3.30. The van der Waals surface area contributed by atoms with E-state index in [0.29, 0.717) is 42.4 Å². The summed E-state index contributed by atoms with van der Waals surface area (Å²) in [6.45, 7) is 4.57. The molecule has 2 N–H and O–H groups in total. The van der Waals surface area contributed by atoms with E-state index >= 15 is 0 Å². The van der Waals surface area contributed by atoms with Gasteiger partial charge in [0.2, 0.25) is 5.43 Å². The Balaban J connectivity index is 1.53. The number of amides is 2. The molecule has 1 aromatic carbocycles. The Labute approximate surface area is 242 Å². The van der Waals surface area contributed by atoms with Crippen LogP contribution in [0.15, 0.2) is 28.3 Å². The molecular formula is C28H26F3N4O6S+. The maximum Gasteiger partial charge on any atom is 0.478 e. The maximum atomic E-state index is 14.1. The highest BCUT2D eigenvalue weighted by Gasteiger charge is 2.54. The summed E-state index contributed by atoms with van der Waals surface area (Å²) in [7, 11) is 0. The van der Waals surface area contributed by atoms with Crippen LogP contribution < -0.4 is 10.7 Å². The van der Waals surface area contributed by atoms with Gasteiger partial charge in [-0.3, -0.25) is 14.4 Å². The van der Waals surface area contributed by atoms with E-state index < -0.39 is 74.5 Å². The molecule has 5 rings (SSSR count). The van der Waals surface area contributed by atoms with Gasteiger partial charge in [-0.15, -0.1) is 0 Å². The first-order valence-electron chi connectivity index (χ1n) is 13.1. The number of halogens is 3. The van der Waals surface area contributed by atoms with Gasteiger partial charge in [-0.1, -0.05) is 5.16 Å². The van der Waals surface area contributed by atoms with E-state index in [0.717, 1.165) is 6.20 Å². The average molecular weight is 604 g/mol. The van der Waals surface area contributed by atoms with Crippen molar-refractivity contribution in [1.29, 1.82) is 0 Å². The van der Waals surface area contributed by atoms with Crippen molar-refractivity contribution in [1.82, 2.24) is 14.8 Å². The number of aromatic hydroxyl groups is 1. The molecule has 0 aliphatic carbocycles. The molecule has 2 amide bonds. The minimum atomic E-state index is -1.23. The normalized spacial score (nSPS) is 22.9. The van der Waals surface area contributed by atoms with Crippen LogP contribution in [0.1, 0.15) is 72.5 Å². The van der Waals surface area contributed by atoms with Gasteiger partial charge in [-0.05, 0) is 31.6 Å². The predicted molar refractivity (Wildman–Crippen MR) is 144 cm³/mol. The van der Waals surface area contributed by atoms with E-state index in [2.05, 4.69) is 22.3 Å². The molecule has 1 saturated heterocycles. The highest BCUT2D eigenvalue weighted by Crippen LogP contribution is 2.46. The zero-order valence-corrected chi connectivity index (χ0v) is 23.6. The van der Waals surface area contributed by atoms with Crippen molar-refractivity contribution in [2.75, 3.05) is 6.54 Å². The summed E-state index contributed by atoms with van der Waals surface area (Å²) in [4.78, 5) is 47.1. The van der Waals surface area contributed by atoms with Crippen molar-refractivity contribution in [3.8, 4) is 17.6 Å². The molecule has 1 aromatic heterocycles. The molecule has 220 valence electrons. The topological polar surface area (TPSA) is 130 Å². The van der Waals surface area contributed by atoms with Crippen LogP contribution in [0.2, 0.25) is 0 Å². The molecule has 0 unspecified atom stereocenters. The van der Waals surface area contributed by atoms with Gasteiger partial charge in [-0.2, -0.15) is 0 Å². The fourth-order valence-electron chi connectivity index (χ4n) is 5.43. The molecule has 2 aromatic rings. The minimum absolute atomic E-state index is 0.112. The van der Waals surface area contributed by atoms with Crippen LogP contribution in [-0.2, 0) is 27.3 Å². The van der Waals surface area contributed by atoms with Gasteiger partial charge in [0.05, 0.1) is 6.04 Å². The van der Waals surface area contributed by atoms with Crippen LogP contribution in [0, 0.1) is 29.3 Å². The van der Waals surface area contributed by atoms with Gasteiger partial charge in [0.25, 0.3) is 11.8 Å². The molecule has 2 bridgehead atoms. The molecule has 10 nitrogen and oxygen atoms in total. The first-order valence-corrected chi connectivity index (χ1v) is 13.8. The molecule has 3 aliphatic heterocycles. The zero-order chi connectivity index (χ0) is 30.6. The minimum Gasteiger partial charge on any atom is -0.503 e. The van der Waals surface area contributed by atoms with E-state index in [9.17, 15) is 36.9 Å². The molecular weight excluding hydrogens is 577 g/mol. The number of aromatic nitrogens is 1. The first-order chi connectivity index (χ1) is 19.8. The summed E-state index contributed by atoms with van der Waals surface area (Å²) in [5.74, 6) is -0.479. The van der Waals surface area contributed by atoms with Crippen LogP contribution in [0.5, 0.6) is 5.75 Å². The van der Waals surface area contributed by atoms with E-state index in [1.165, 1.54) is 9.47 Å². The number of carbonyl (C=O) groups is 2. The van der Waals surface area contributed by atoms with Gasteiger partial charge < -0.3 is 24.7 Å². The SMILES string of the molecule is C[C@H]1CC[C@@]2(CC(C#CC(C)(C)[S+]=O)=NO2)[C@H]2CN1C(=O)c1c(O)c(=O)c(C(=O)NCc3c(F)cc(F)cc3F)cn12. The molecule has 4 heterocycles. The maximum absolute atomic E-state index is 14.1. The number of fused-ring (bicyclic) bond motifs is 5. The van der Waals surface area contributed by atoms with Gasteiger partial charge in [0.15, 0.2) is 17.0 Å². The monoisotopic (exact) mass is 603 g/mol. The van der Waals surface area contributed by atoms with E-state index in [4.69, 9.17) is 4.84 Å². The largest absolute Gasteiger partial charge is 0.503 e. The quantitative estimate of drug-likeness (QED) is 0.409. The summed E-state index contributed by atoms with van der Waals surface area (Å²) in [5, 5.41) is 17.3. The zero-order valence-electron chi connectivity index (χ0n) is 22.8. The molecule has 42 heavy (non-hydrogen) atoms. The van der Waals surface area contributed by atoms with Crippen LogP contribution in [0.3, 0.4) is 0 Å². The first kappa shape index (κ1) is 29.2. The lowest BCUT2D eigenvalue weighted by Gasteiger charge is -2.41. The number of pyridine rings is 1. The molecule has 14 heteroatoms. The molecule has 0 saturated carbocycles. The van der Waals surface area contributed by atoms with Crippen LogP contribution in [-0.4, -0.2) is 55.0 Å². The third kappa shape index (κ3) is 5.02. The second kappa shape index (κ2) is 10.5. The standard InChI is InChI=1S/C28H25F3N4O6S/c1-14-4-7-28(10-16(33-41-28)5-6-27(2,3)42-40)21-13-34(14)26(39)22-24(37)23(36)18(12-35(21)22)25(38)32-11-17-19(30)8-15(29)9-20(17)31/h8-9,12,14,21H,4,7,10-11,13H2,1-3H3,(H-,32,37,38,39)/p+1/t14-,21+,28+/m0/s1. The third-order valence-corrected chi connectivity index (χ3v) is 8.32. The summed E-state index contributed by atoms with van der Waals surface area (Å²) >= 11 is 0.337. The Morgan fingerprint density at radius 3 is 2.64 bits per heavy atom.